The van der Waals surface area contributed by atoms with Crippen LogP contribution in [0.1, 0.15) is 0 Å². The van der Waals surface area contributed by atoms with E-state index in [1.54, 1.807) is 18.2 Å². The van der Waals surface area contributed by atoms with Crippen LogP contribution < -0.4 is 19.1 Å². The van der Waals surface area contributed by atoms with Gasteiger partial charge in [-0.05, 0) is 12.1 Å². The molecule has 1 aromatic carbocycles. The Hall–Kier alpha value is -2.16. The first-order valence-electron chi connectivity index (χ1n) is 6.35. The fraction of sp³-hybridized carbons (Fsp3) is 0.462. The maximum absolute atomic E-state index is 12.0. The summed E-state index contributed by atoms with van der Waals surface area (Å²) in [5.41, 5.74) is 0.330. The second kappa shape index (κ2) is 7.74. The molecule has 0 unspecified atom stereocenters. The number of carbonyl (C=O) groups excluding carboxylic acids is 1. The van der Waals surface area contributed by atoms with Crippen LogP contribution in [-0.2, 0) is 14.8 Å². The van der Waals surface area contributed by atoms with Crippen LogP contribution in [0.2, 0.25) is 0 Å². The lowest BCUT2D eigenvalue weighted by Gasteiger charge is -2.24. The number of rotatable bonds is 7. The smallest absolute Gasteiger partial charge is 0.406 e. The molecule has 0 spiro atoms. The summed E-state index contributed by atoms with van der Waals surface area (Å²) in [6.45, 7) is 0.109. The summed E-state index contributed by atoms with van der Waals surface area (Å²) in [6, 6.07) is 4.83. The zero-order valence-corrected chi connectivity index (χ0v) is 13.8. The number of amides is 1. The molecule has 124 valence electrons. The van der Waals surface area contributed by atoms with Crippen LogP contribution in [-0.4, -0.2) is 55.2 Å². The van der Waals surface area contributed by atoms with Crippen molar-refractivity contribution in [3.8, 4) is 11.5 Å². The molecule has 0 bridgehead atoms. The molecule has 1 amide bonds. The molecule has 22 heavy (non-hydrogen) atoms. The Morgan fingerprint density at radius 1 is 1.23 bits per heavy atom. The van der Waals surface area contributed by atoms with Gasteiger partial charge in [0, 0.05) is 12.6 Å². The average Bonchev–Trinajstić information content (AvgIpc) is 2.49. The van der Waals surface area contributed by atoms with E-state index in [0.29, 0.717) is 17.2 Å². The van der Waals surface area contributed by atoms with E-state index in [-0.39, 0.29) is 13.1 Å². The lowest BCUT2D eigenvalue weighted by Crippen LogP contribution is -2.38. The highest BCUT2D eigenvalue weighted by Gasteiger charge is 2.22. The van der Waals surface area contributed by atoms with Crippen LogP contribution in [0.15, 0.2) is 18.2 Å². The topological polar surface area (TPSA) is 94.2 Å². The molecule has 9 heteroatoms. The molecular formula is C13H20N2O6S. The van der Waals surface area contributed by atoms with Crippen molar-refractivity contribution in [3.63, 3.8) is 0 Å². The minimum absolute atomic E-state index is 0.0253. The Morgan fingerprint density at radius 2 is 1.91 bits per heavy atom. The SMILES string of the molecule is COC(=O)NCCN(c1cc(OC)ccc1OC)S(C)(=O)=O. The average molecular weight is 332 g/mol. The van der Waals surface area contributed by atoms with Gasteiger partial charge in [0.1, 0.15) is 11.5 Å². The first kappa shape index (κ1) is 17.9. The zero-order chi connectivity index (χ0) is 16.8. The van der Waals surface area contributed by atoms with Crippen molar-refractivity contribution < 1.29 is 27.4 Å². The Morgan fingerprint density at radius 3 is 2.41 bits per heavy atom. The lowest BCUT2D eigenvalue weighted by atomic mass is 10.2. The fourth-order valence-electron chi connectivity index (χ4n) is 1.79. The molecule has 1 aromatic rings. The number of nitrogens with one attached hydrogen (secondary N) is 1. The van der Waals surface area contributed by atoms with Crippen LogP contribution in [0.4, 0.5) is 10.5 Å². The van der Waals surface area contributed by atoms with E-state index in [2.05, 4.69) is 10.1 Å². The van der Waals surface area contributed by atoms with Crippen LogP contribution >= 0.6 is 0 Å². The van der Waals surface area contributed by atoms with Crippen LogP contribution in [0.5, 0.6) is 11.5 Å². The predicted octanol–water partition coefficient (Wildman–Crippen LogP) is 0.826. The Kier molecular flexibility index (Phi) is 6.29. The van der Waals surface area contributed by atoms with Gasteiger partial charge in [0.05, 0.1) is 39.8 Å². The number of sulfonamides is 1. The number of nitrogens with zero attached hydrogens (tertiary/aromatic N) is 1. The van der Waals surface area contributed by atoms with E-state index < -0.39 is 16.1 Å². The number of hydrogen-bond acceptors (Lipinski definition) is 6. The van der Waals surface area contributed by atoms with Gasteiger partial charge >= 0.3 is 6.09 Å². The van der Waals surface area contributed by atoms with Gasteiger partial charge in [0.25, 0.3) is 0 Å². The van der Waals surface area contributed by atoms with Gasteiger partial charge in [-0.3, -0.25) is 4.31 Å². The normalized spacial score (nSPS) is 10.7. The molecule has 0 heterocycles. The molecular weight excluding hydrogens is 312 g/mol. The molecule has 0 aliphatic rings. The quantitative estimate of drug-likeness (QED) is 0.795. The van der Waals surface area contributed by atoms with Gasteiger partial charge in [-0.15, -0.1) is 0 Å². The first-order valence-corrected chi connectivity index (χ1v) is 8.20. The van der Waals surface area contributed by atoms with E-state index >= 15 is 0 Å². The van der Waals surface area contributed by atoms with Crippen molar-refractivity contribution in [2.24, 2.45) is 0 Å². The zero-order valence-electron chi connectivity index (χ0n) is 13.0. The molecule has 0 saturated heterocycles. The molecule has 0 aromatic heterocycles. The monoisotopic (exact) mass is 332 g/mol. The predicted molar refractivity (Wildman–Crippen MR) is 82.1 cm³/mol. The summed E-state index contributed by atoms with van der Waals surface area (Å²) >= 11 is 0. The Labute approximate surface area is 130 Å². The molecule has 1 rings (SSSR count). The fourth-order valence-corrected chi connectivity index (χ4v) is 2.71. The van der Waals surface area contributed by atoms with Gasteiger partial charge in [0.15, 0.2) is 0 Å². The van der Waals surface area contributed by atoms with E-state index in [9.17, 15) is 13.2 Å². The second-order valence-corrected chi connectivity index (χ2v) is 6.20. The standard InChI is InChI=1S/C13H20N2O6S/c1-19-10-5-6-12(20-2)11(9-10)15(22(4,17)18)8-7-14-13(16)21-3/h5-6,9H,7-8H2,1-4H3,(H,14,16). The third-order valence-electron chi connectivity index (χ3n) is 2.82. The number of ether oxygens (including phenoxy) is 3. The summed E-state index contributed by atoms with van der Waals surface area (Å²) in [5, 5.41) is 2.43. The third kappa shape index (κ3) is 4.69. The van der Waals surface area contributed by atoms with Crippen LogP contribution in [0.3, 0.4) is 0 Å². The largest absolute Gasteiger partial charge is 0.497 e. The highest BCUT2D eigenvalue weighted by atomic mass is 32.2. The van der Waals surface area contributed by atoms with Crippen molar-refractivity contribution in [2.45, 2.75) is 0 Å². The highest BCUT2D eigenvalue weighted by molar-refractivity contribution is 7.92. The van der Waals surface area contributed by atoms with E-state index in [4.69, 9.17) is 9.47 Å². The maximum Gasteiger partial charge on any atom is 0.406 e. The van der Waals surface area contributed by atoms with E-state index in [0.717, 1.165) is 10.6 Å². The number of benzene rings is 1. The Balaban J connectivity index is 3.09. The number of carbonyl (C=O) groups is 1. The van der Waals surface area contributed by atoms with Crippen molar-refractivity contribution in [2.75, 3.05) is 45.0 Å². The van der Waals surface area contributed by atoms with Crippen molar-refractivity contribution in [1.29, 1.82) is 0 Å². The van der Waals surface area contributed by atoms with Gasteiger partial charge < -0.3 is 19.5 Å². The minimum Gasteiger partial charge on any atom is -0.497 e. The van der Waals surface area contributed by atoms with Crippen molar-refractivity contribution in [1.82, 2.24) is 5.32 Å². The van der Waals surface area contributed by atoms with E-state index in [1.165, 1.54) is 21.3 Å². The first-order chi connectivity index (χ1) is 10.3. The molecule has 0 radical (unpaired) electrons. The van der Waals surface area contributed by atoms with Gasteiger partial charge in [0.2, 0.25) is 10.0 Å². The van der Waals surface area contributed by atoms with Crippen molar-refractivity contribution in [3.05, 3.63) is 18.2 Å². The molecule has 0 aliphatic heterocycles. The van der Waals surface area contributed by atoms with Gasteiger partial charge in [-0.25, -0.2) is 13.2 Å². The second-order valence-electron chi connectivity index (χ2n) is 4.29. The summed E-state index contributed by atoms with van der Waals surface area (Å²) < 4.78 is 39.9. The third-order valence-corrected chi connectivity index (χ3v) is 4.00. The summed E-state index contributed by atoms with van der Waals surface area (Å²) in [4.78, 5) is 11.1. The number of methoxy groups -OCH3 is 3. The molecule has 0 aliphatic carbocycles. The molecule has 8 nitrogen and oxygen atoms in total. The molecule has 0 atom stereocenters. The summed E-state index contributed by atoms with van der Waals surface area (Å²) in [7, 11) is 0.581. The number of anilines is 1. The maximum atomic E-state index is 12.0. The summed E-state index contributed by atoms with van der Waals surface area (Å²) in [6.07, 6.45) is 0.440. The lowest BCUT2D eigenvalue weighted by molar-refractivity contribution is 0.171. The van der Waals surface area contributed by atoms with Crippen molar-refractivity contribution >= 4 is 21.8 Å². The molecule has 1 N–H and O–H groups in total. The van der Waals surface area contributed by atoms with Gasteiger partial charge in [-0.2, -0.15) is 0 Å². The molecule has 0 saturated carbocycles. The minimum atomic E-state index is -3.57. The Bertz CT molecular complexity index is 617. The molecule has 0 fully saturated rings. The van der Waals surface area contributed by atoms with Crippen LogP contribution in [0, 0.1) is 0 Å². The van der Waals surface area contributed by atoms with Gasteiger partial charge in [-0.1, -0.05) is 0 Å². The van der Waals surface area contributed by atoms with Crippen LogP contribution in [0.25, 0.3) is 0 Å². The number of alkyl carbamates (subject to hydrolysis) is 1. The number of hydrogen-bond donors (Lipinski definition) is 1. The van der Waals surface area contributed by atoms with E-state index in [1.807, 2.05) is 0 Å². The summed E-state index contributed by atoms with van der Waals surface area (Å²) in [5.74, 6) is 0.870. The highest BCUT2D eigenvalue weighted by Crippen LogP contribution is 2.33.